The van der Waals surface area contributed by atoms with Crippen LogP contribution in [0.4, 0.5) is 0 Å². The quantitative estimate of drug-likeness (QED) is 0.781. The van der Waals surface area contributed by atoms with Crippen LogP contribution in [0.15, 0.2) is 22.8 Å². The second kappa shape index (κ2) is 6.27. The van der Waals surface area contributed by atoms with Crippen molar-refractivity contribution in [3.8, 4) is 0 Å². The molecule has 15 heavy (non-hydrogen) atoms. The Morgan fingerprint density at radius 2 is 2.20 bits per heavy atom. The third-order valence-electron chi connectivity index (χ3n) is 2.61. The molecule has 0 fully saturated rings. The van der Waals surface area contributed by atoms with E-state index in [1.165, 1.54) is 0 Å². The van der Waals surface area contributed by atoms with Crippen molar-refractivity contribution in [2.45, 2.75) is 33.1 Å². The molecule has 0 bridgehead atoms. The molecule has 1 aromatic heterocycles. The van der Waals surface area contributed by atoms with Gasteiger partial charge in [-0.25, -0.2) is 0 Å². The van der Waals surface area contributed by atoms with Crippen LogP contribution in [0.25, 0.3) is 0 Å². The standard InChI is InChI=1S/C12H19NO2/c1-3-10(4-2)12(14)13-8-7-11-6-5-9-15-11/h5-6,9-10H,3-4,7-8H2,1-2H3,(H,13,14). The molecule has 1 rings (SSSR count). The van der Waals surface area contributed by atoms with Gasteiger partial charge < -0.3 is 9.73 Å². The summed E-state index contributed by atoms with van der Waals surface area (Å²) in [4.78, 5) is 11.6. The molecule has 0 unspecified atom stereocenters. The molecule has 1 aromatic rings. The Hall–Kier alpha value is -1.25. The first kappa shape index (κ1) is 11.8. The highest BCUT2D eigenvalue weighted by molar-refractivity contribution is 5.78. The molecule has 0 aliphatic heterocycles. The number of nitrogens with one attached hydrogen (secondary N) is 1. The van der Waals surface area contributed by atoms with Gasteiger partial charge >= 0.3 is 0 Å². The summed E-state index contributed by atoms with van der Waals surface area (Å²) in [6, 6.07) is 3.78. The molecule has 0 aliphatic rings. The third-order valence-corrected chi connectivity index (χ3v) is 2.61. The molecule has 0 atom stereocenters. The maximum atomic E-state index is 11.6. The van der Waals surface area contributed by atoms with Crippen molar-refractivity contribution in [2.24, 2.45) is 5.92 Å². The minimum absolute atomic E-state index is 0.154. The molecule has 3 nitrogen and oxygen atoms in total. The van der Waals surface area contributed by atoms with E-state index >= 15 is 0 Å². The molecule has 0 spiro atoms. The number of hydrogen-bond donors (Lipinski definition) is 1. The number of carbonyl (C=O) groups is 1. The predicted octanol–water partition coefficient (Wildman–Crippen LogP) is 2.37. The fourth-order valence-corrected chi connectivity index (χ4v) is 1.57. The van der Waals surface area contributed by atoms with Crippen LogP contribution in [0, 0.1) is 5.92 Å². The van der Waals surface area contributed by atoms with Crippen molar-refractivity contribution in [2.75, 3.05) is 6.54 Å². The first-order valence-electron chi connectivity index (χ1n) is 5.58. The van der Waals surface area contributed by atoms with Gasteiger partial charge in [-0.2, -0.15) is 0 Å². The Labute approximate surface area is 90.9 Å². The van der Waals surface area contributed by atoms with Gasteiger partial charge in [0.05, 0.1) is 6.26 Å². The summed E-state index contributed by atoms with van der Waals surface area (Å²) in [6.45, 7) is 4.74. The zero-order valence-electron chi connectivity index (χ0n) is 9.45. The lowest BCUT2D eigenvalue weighted by Crippen LogP contribution is -2.31. The molecule has 0 saturated carbocycles. The third kappa shape index (κ3) is 3.78. The summed E-state index contributed by atoms with van der Waals surface area (Å²) in [5.74, 6) is 1.23. The van der Waals surface area contributed by atoms with Gasteiger partial charge in [0.1, 0.15) is 5.76 Å². The summed E-state index contributed by atoms with van der Waals surface area (Å²) in [5, 5.41) is 2.92. The lowest BCUT2D eigenvalue weighted by Gasteiger charge is -2.11. The van der Waals surface area contributed by atoms with Gasteiger partial charge in [0.15, 0.2) is 0 Å². The van der Waals surface area contributed by atoms with E-state index in [0.29, 0.717) is 6.54 Å². The number of hydrogen-bond acceptors (Lipinski definition) is 2. The van der Waals surface area contributed by atoms with E-state index in [9.17, 15) is 4.79 Å². The SMILES string of the molecule is CCC(CC)C(=O)NCCc1ccco1. The first-order chi connectivity index (χ1) is 7.27. The van der Waals surface area contributed by atoms with Gasteiger partial charge in [0.2, 0.25) is 5.91 Å². The average molecular weight is 209 g/mol. The number of amides is 1. The second-order valence-electron chi connectivity index (χ2n) is 3.63. The summed E-state index contributed by atoms with van der Waals surface area (Å²) in [5.41, 5.74) is 0. The smallest absolute Gasteiger partial charge is 0.223 e. The number of furan rings is 1. The Kier molecular flexibility index (Phi) is 4.95. The highest BCUT2D eigenvalue weighted by Gasteiger charge is 2.12. The first-order valence-corrected chi connectivity index (χ1v) is 5.58. The van der Waals surface area contributed by atoms with Crippen molar-refractivity contribution in [1.82, 2.24) is 5.32 Å². The summed E-state index contributed by atoms with van der Waals surface area (Å²) in [7, 11) is 0. The summed E-state index contributed by atoms with van der Waals surface area (Å²) in [6.07, 6.45) is 4.23. The summed E-state index contributed by atoms with van der Waals surface area (Å²) >= 11 is 0. The van der Waals surface area contributed by atoms with Crippen molar-refractivity contribution in [3.05, 3.63) is 24.2 Å². The van der Waals surface area contributed by atoms with Gasteiger partial charge in [-0.15, -0.1) is 0 Å². The minimum atomic E-state index is 0.154. The normalized spacial score (nSPS) is 10.6. The Balaban J connectivity index is 2.22. The molecule has 0 aromatic carbocycles. The average Bonchev–Trinajstić information content (AvgIpc) is 2.72. The lowest BCUT2D eigenvalue weighted by molar-refractivity contribution is -0.125. The molecular formula is C12H19NO2. The van der Waals surface area contributed by atoms with E-state index in [1.54, 1.807) is 6.26 Å². The maximum Gasteiger partial charge on any atom is 0.223 e. The highest BCUT2D eigenvalue weighted by atomic mass is 16.3. The van der Waals surface area contributed by atoms with Crippen LogP contribution in [-0.4, -0.2) is 12.5 Å². The molecule has 1 heterocycles. The topological polar surface area (TPSA) is 42.2 Å². The molecule has 84 valence electrons. The van der Waals surface area contributed by atoms with E-state index in [4.69, 9.17) is 4.42 Å². The molecule has 0 saturated heterocycles. The fourth-order valence-electron chi connectivity index (χ4n) is 1.57. The van der Waals surface area contributed by atoms with E-state index in [2.05, 4.69) is 5.32 Å². The zero-order valence-corrected chi connectivity index (χ0v) is 9.45. The van der Waals surface area contributed by atoms with Crippen molar-refractivity contribution in [1.29, 1.82) is 0 Å². The van der Waals surface area contributed by atoms with Crippen molar-refractivity contribution < 1.29 is 9.21 Å². The zero-order chi connectivity index (χ0) is 11.1. The molecule has 0 radical (unpaired) electrons. The van der Waals surface area contributed by atoms with Crippen LogP contribution < -0.4 is 5.32 Å². The Bertz CT molecular complexity index is 276. The minimum Gasteiger partial charge on any atom is -0.469 e. The van der Waals surface area contributed by atoms with Gasteiger partial charge in [-0.3, -0.25) is 4.79 Å². The second-order valence-corrected chi connectivity index (χ2v) is 3.63. The Morgan fingerprint density at radius 1 is 1.47 bits per heavy atom. The van der Waals surface area contributed by atoms with Gasteiger partial charge in [0, 0.05) is 18.9 Å². The maximum absolute atomic E-state index is 11.6. The van der Waals surface area contributed by atoms with Crippen LogP contribution in [0.2, 0.25) is 0 Å². The van der Waals surface area contributed by atoms with Crippen LogP contribution in [0.5, 0.6) is 0 Å². The van der Waals surface area contributed by atoms with E-state index < -0.39 is 0 Å². The largest absolute Gasteiger partial charge is 0.469 e. The monoisotopic (exact) mass is 209 g/mol. The van der Waals surface area contributed by atoms with Crippen LogP contribution >= 0.6 is 0 Å². The highest BCUT2D eigenvalue weighted by Crippen LogP contribution is 2.07. The Morgan fingerprint density at radius 3 is 2.73 bits per heavy atom. The van der Waals surface area contributed by atoms with Crippen molar-refractivity contribution >= 4 is 5.91 Å². The molecule has 1 amide bonds. The molecular weight excluding hydrogens is 190 g/mol. The van der Waals surface area contributed by atoms with Crippen molar-refractivity contribution in [3.63, 3.8) is 0 Å². The van der Waals surface area contributed by atoms with Crippen LogP contribution in [-0.2, 0) is 11.2 Å². The van der Waals surface area contributed by atoms with E-state index in [0.717, 1.165) is 25.0 Å². The number of rotatable bonds is 6. The fraction of sp³-hybridized carbons (Fsp3) is 0.583. The lowest BCUT2D eigenvalue weighted by atomic mass is 10.0. The van der Waals surface area contributed by atoms with Crippen LogP contribution in [0.3, 0.4) is 0 Å². The molecule has 0 aliphatic carbocycles. The summed E-state index contributed by atoms with van der Waals surface area (Å²) < 4.78 is 5.18. The van der Waals surface area contributed by atoms with Gasteiger partial charge in [-0.05, 0) is 25.0 Å². The molecule has 1 N–H and O–H groups in total. The van der Waals surface area contributed by atoms with E-state index in [-0.39, 0.29) is 11.8 Å². The molecule has 3 heteroatoms. The van der Waals surface area contributed by atoms with Gasteiger partial charge in [-0.1, -0.05) is 13.8 Å². The predicted molar refractivity (Wildman–Crippen MR) is 59.5 cm³/mol. The number of carbonyl (C=O) groups excluding carboxylic acids is 1. The van der Waals surface area contributed by atoms with Gasteiger partial charge in [0.25, 0.3) is 0 Å². The van der Waals surface area contributed by atoms with Crippen LogP contribution in [0.1, 0.15) is 32.4 Å². The van der Waals surface area contributed by atoms with E-state index in [1.807, 2.05) is 26.0 Å².